The van der Waals surface area contributed by atoms with E-state index < -0.39 is 0 Å². The van der Waals surface area contributed by atoms with Gasteiger partial charge in [0, 0.05) is 18.8 Å². The van der Waals surface area contributed by atoms with Crippen molar-refractivity contribution >= 4 is 22.6 Å². The molecule has 104 valence electrons. The predicted molar refractivity (Wildman–Crippen MR) is 83.0 cm³/mol. The summed E-state index contributed by atoms with van der Waals surface area (Å²) in [6, 6.07) is 6.46. The Balaban J connectivity index is 2.53. The van der Waals surface area contributed by atoms with Gasteiger partial charge in [-0.25, -0.2) is 4.98 Å². The fourth-order valence-electron chi connectivity index (χ4n) is 2.27. The summed E-state index contributed by atoms with van der Waals surface area (Å²) in [5.74, 6) is 1.73. The van der Waals surface area contributed by atoms with E-state index in [4.69, 9.17) is 16.6 Å². The van der Waals surface area contributed by atoms with Crippen LogP contribution in [0.3, 0.4) is 0 Å². The molecule has 0 spiro atoms. The Morgan fingerprint density at radius 2 is 2.05 bits per heavy atom. The largest absolute Gasteiger partial charge is 0.327 e. The summed E-state index contributed by atoms with van der Waals surface area (Å²) in [5, 5.41) is 0. The van der Waals surface area contributed by atoms with Gasteiger partial charge in [-0.15, -0.1) is 11.6 Å². The quantitative estimate of drug-likeness (QED) is 0.733. The first kappa shape index (κ1) is 14.4. The van der Waals surface area contributed by atoms with E-state index in [2.05, 4.69) is 50.5 Å². The van der Waals surface area contributed by atoms with Crippen molar-refractivity contribution in [2.45, 2.75) is 47.1 Å². The average molecular weight is 279 g/mol. The maximum absolute atomic E-state index is 5.92. The van der Waals surface area contributed by atoms with Crippen molar-refractivity contribution in [1.29, 1.82) is 0 Å². The summed E-state index contributed by atoms with van der Waals surface area (Å²) in [6.45, 7) is 9.97. The molecule has 2 aromatic rings. The highest BCUT2D eigenvalue weighted by molar-refractivity contribution is 6.17. The van der Waals surface area contributed by atoms with Gasteiger partial charge in [-0.1, -0.05) is 26.8 Å². The van der Waals surface area contributed by atoms with Crippen molar-refractivity contribution in [1.82, 2.24) is 9.55 Å². The van der Waals surface area contributed by atoms with Gasteiger partial charge in [0.25, 0.3) is 0 Å². The van der Waals surface area contributed by atoms with E-state index in [-0.39, 0.29) is 5.41 Å². The molecule has 0 unspecified atom stereocenters. The van der Waals surface area contributed by atoms with Gasteiger partial charge in [0.05, 0.1) is 11.0 Å². The highest BCUT2D eigenvalue weighted by Crippen LogP contribution is 2.27. The number of hydrogen-bond acceptors (Lipinski definition) is 1. The molecule has 2 nitrogen and oxygen atoms in total. The van der Waals surface area contributed by atoms with Gasteiger partial charge in [0.15, 0.2) is 0 Å². The van der Waals surface area contributed by atoms with E-state index in [0.717, 1.165) is 30.7 Å². The summed E-state index contributed by atoms with van der Waals surface area (Å²) in [5.41, 5.74) is 3.87. The molecule has 1 aromatic heterocycles. The fourth-order valence-corrected chi connectivity index (χ4v) is 2.44. The Kier molecular flexibility index (Phi) is 4.19. The van der Waals surface area contributed by atoms with Crippen LogP contribution in [0.2, 0.25) is 0 Å². The molecule has 0 amide bonds. The van der Waals surface area contributed by atoms with E-state index >= 15 is 0 Å². The first-order chi connectivity index (χ1) is 8.96. The number of alkyl halides is 1. The minimum atomic E-state index is 0.276. The highest BCUT2D eigenvalue weighted by atomic mass is 35.5. The van der Waals surface area contributed by atoms with Gasteiger partial charge in [-0.3, -0.25) is 0 Å². The zero-order valence-electron chi connectivity index (χ0n) is 12.3. The number of hydrogen-bond donors (Lipinski definition) is 0. The summed E-state index contributed by atoms with van der Waals surface area (Å²) in [7, 11) is 0. The second-order valence-corrected chi connectivity index (χ2v) is 6.44. The molecule has 0 saturated carbocycles. The Morgan fingerprint density at radius 1 is 1.32 bits per heavy atom. The molecule has 0 aliphatic rings. The second-order valence-electron chi connectivity index (χ2n) is 6.06. The van der Waals surface area contributed by atoms with Crippen LogP contribution in [0.5, 0.6) is 0 Å². The smallest absolute Gasteiger partial charge is 0.111 e. The molecule has 2 rings (SSSR count). The summed E-state index contributed by atoms with van der Waals surface area (Å²) in [6.07, 6.45) is 1.98. The third kappa shape index (κ3) is 3.11. The van der Waals surface area contributed by atoms with Gasteiger partial charge in [-0.2, -0.15) is 0 Å². The van der Waals surface area contributed by atoms with Gasteiger partial charge in [0.2, 0.25) is 0 Å². The van der Waals surface area contributed by atoms with Crippen molar-refractivity contribution in [3.05, 3.63) is 29.6 Å². The van der Waals surface area contributed by atoms with Crippen LogP contribution in [0.4, 0.5) is 0 Å². The number of benzene rings is 1. The van der Waals surface area contributed by atoms with E-state index in [0.29, 0.717) is 5.88 Å². The number of halogens is 1. The highest BCUT2D eigenvalue weighted by Gasteiger charge is 2.20. The maximum atomic E-state index is 5.92. The monoisotopic (exact) mass is 278 g/mol. The van der Waals surface area contributed by atoms with Crippen LogP contribution in [-0.4, -0.2) is 15.4 Å². The topological polar surface area (TPSA) is 17.8 Å². The number of aryl methyl sites for hydroxylation is 2. The Labute approximate surface area is 120 Å². The van der Waals surface area contributed by atoms with E-state index in [9.17, 15) is 0 Å². The van der Waals surface area contributed by atoms with Crippen LogP contribution >= 0.6 is 11.6 Å². The molecule has 3 heteroatoms. The fraction of sp³-hybridized carbons (Fsp3) is 0.562. The molecule has 0 fully saturated rings. The molecule has 1 aromatic carbocycles. The first-order valence-electron chi connectivity index (χ1n) is 6.98. The molecule has 19 heavy (non-hydrogen) atoms. The van der Waals surface area contributed by atoms with Crippen LogP contribution < -0.4 is 0 Å². The average Bonchev–Trinajstić information content (AvgIpc) is 2.68. The van der Waals surface area contributed by atoms with Crippen LogP contribution in [0.1, 0.15) is 38.6 Å². The lowest BCUT2D eigenvalue weighted by atomic mass is 9.90. The number of fused-ring (bicyclic) bond motifs is 1. The maximum Gasteiger partial charge on any atom is 0.111 e. The molecule has 0 radical (unpaired) electrons. The molecule has 0 saturated heterocycles. The number of imidazole rings is 1. The second kappa shape index (κ2) is 5.54. The lowest BCUT2D eigenvalue weighted by Crippen LogP contribution is -2.20. The lowest BCUT2D eigenvalue weighted by molar-refractivity contribution is 0.294. The lowest BCUT2D eigenvalue weighted by Gasteiger charge is -2.24. The van der Waals surface area contributed by atoms with Crippen LogP contribution in [-0.2, 0) is 13.0 Å². The Hall–Kier alpha value is -1.02. The summed E-state index contributed by atoms with van der Waals surface area (Å²) < 4.78 is 2.36. The summed E-state index contributed by atoms with van der Waals surface area (Å²) >= 11 is 5.92. The first-order valence-corrected chi connectivity index (χ1v) is 7.52. The SMILES string of the molecule is CCC(C)(C)Cn1c(CCCl)nc2ccc(C)cc21. The van der Waals surface area contributed by atoms with E-state index in [1.165, 1.54) is 11.1 Å². The number of rotatable bonds is 5. The predicted octanol–water partition coefficient (Wildman–Crippen LogP) is 4.56. The zero-order valence-corrected chi connectivity index (χ0v) is 13.1. The molecule has 0 N–H and O–H groups in total. The van der Waals surface area contributed by atoms with Crippen molar-refractivity contribution in [2.75, 3.05) is 5.88 Å². The molecular formula is C16H23ClN2. The third-order valence-electron chi connectivity index (χ3n) is 3.84. The van der Waals surface area contributed by atoms with Crippen molar-refractivity contribution in [3.63, 3.8) is 0 Å². The minimum Gasteiger partial charge on any atom is -0.327 e. The number of nitrogens with zero attached hydrogens (tertiary/aromatic N) is 2. The summed E-state index contributed by atoms with van der Waals surface area (Å²) in [4.78, 5) is 4.74. The van der Waals surface area contributed by atoms with E-state index in [1.807, 2.05) is 0 Å². The molecule has 0 aliphatic carbocycles. The Morgan fingerprint density at radius 3 is 2.68 bits per heavy atom. The van der Waals surface area contributed by atoms with Crippen molar-refractivity contribution in [3.8, 4) is 0 Å². The molecule has 1 heterocycles. The third-order valence-corrected chi connectivity index (χ3v) is 4.03. The Bertz CT molecular complexity index is 569. The number of aromatic nitrogens is 2. The van der Waals surface area contributed by atoms with Crippen molar-refractivity contribution in [2.24, 2.45) is 5.41 Å². The van der Waals surface area contributed by atoms with Gasteiger partial charge in [-0.05, 0) is 36.5 Å². The zero-order chi connectivity index (χ0) is 14.0. The van der Waals surface area contributed by atoms with Gasteiger partial charge < -0.3 is 4.57 Å². The molecular weight excluding hydrogens is 256 g/mol. The molecule has 0 atom stereocenters. The van der Waals surface area contributed by atoms with Crippen LogP contribution in [0.15, 0.2) is 18.2 Å². The molecule has 0 aliphatic heterocycles. The van der Waals surface area contributed by atoms with Gasteiger partial charge in [0.1, 0.15) is 5.82 Å². The van der Waals surface area contributed by atoms with Crippen molar-refractivity contribution < 1.29 is 0 Å². The molecule has 0 bridgehead atoms. The normalized spacial score (nSPS) is 12.3. The standard InChI is InChI=1S/C16H23ClN2/c1-5-16(3,4)11-19-14-10-12(2)6-7-13(14)18-15(19)8-9-17/h6-7,10H,5,8-9,11H2,1-4H3. The van der Waals surface area contributed by atoms with Crippen LogP contribution in [0, 0.1) is 12.3 Å². The van der Waals surface area contributed by atoms with E-state index in [1.54, 1.807) is 0 Å². The minimum absolute atomic E-state index is 0.276. The van der Waals surface area contributed by atoms with Gasteiger partial charge >= 0.3 is 0 Å². The van der Waals surface area contributed by atoms with Crippen LogP contribution in [0.25, 0.3) is 11.0 Å².